The van der Waals surface area contributed by atoms with Crippen LogP contribution in [0.25, 0.3) is 11.3 Å². The summed E-state index contributed by atoms with van der Waals surface area (Å²) in [6.07, 6.45) is 3.56. The number of aromatic hydroxyl groups is 1. The molecule has 0 saturated carbocycles. The van der Waals surface area contributed by atoms with E-state index in [1.807, 2.05) is 5.38 Å². The van der Waals surface area contributed by atoms with Gasteiger partial charge in [-0.05, 0) is 60.9 Å². The first-order valence-corrected chi connectivity index (χ1v) is 11.3. The molecular weight excluding hydrogens is 466 g/mol. The molecule has 2 aromatic carbocycles. The number of carbonyl (C=O) groups excluding carboxylic acids is 1. The maximum Gasteiger partial charge on any atom is 0.387 e. The molecule has 1 unspecified atom stereocenters. The Morgan fingerprint density at radius 1 is 1.32 bits per heavy atom. The Balaban J connectivity index is 1.70. The second-order valence-electron chi connectivity index (χ2n) is 7.48. The Kier molecular flexibility index (Phi) is 7.33. The lowest BCUT2D eigenvalue weighted by Gasteiger charge is -2.08. The lowest BCUT2D eigenvalue weighted by atomic mass is 10.1. The third kappa shape index (κ3) is 5.67. The van der Waals surface area contributed by atoms with Crippen molar-refractivity contribution in [3.05, 3.63) is 63.8 Å². The average Bonchev–Trinajstić information content (AvgIpc) is 3.47. The van der Waals surface area contributed by atoms with Gasteiger partial charge < -0.3 is 20.3 Å². The maximum atomic E-state index is 12.4. The minimum absolute atomic E-state index is 0.00769. The van der Waals surface area contributed by atoms with Crippen molar-refractivity contribution in [1.29, 1.82) is 0 Å². The number of carbonyl (C=O) groups is 1. The molecule has 8 nitrogen and oxygen atoms in total. The summed E-state index contributed by atoms with van der Waals surface area (Å²) in [6, 6.07) is 10.6. The molecule has 178 valence electrons. The number of thiazole rings is 1. The molecule has 3 N–H and O–H groups in total. The lowest BCUT2D eigenvalue weighted by Crippen LogP contribution is -2.17. The van der Waals surface area contributed by atoms with Crippen molar-refractivity contribution in [3.63, 3.8) is 0 Å². The van der Waals surface area contributed by atoms with Crippen molar-refractivity contribution in [1.82, 2.24) is 4.68 Å². The third-order valence-corrected chi connectivity index (χ3v) is 5.98. The van der Waals surface area contributed by atoms with Crippen LogP contribution in [0.2, 0.25) is 0 Å². The number of halogens is 2. The van der Waals surface area contributed by atoms with Gasteiger partial charge in [0, 0.05) is 17.6 Å². The first-order valence-electron chi connectivity index (χ1n) is 10.5. The van der Waals surface area contributed by atoms with E-state index in [2.05, 4.69) is 14.8 Å². The van der Waals surface area contributed by atoms with Gasteiger partial charge >= 0.3 is 6.61 Å². The van der Waals surface area contributed by atoms with Gasteiger partial charge in [0.25, 0.3) is 5.91 Å². The molecule has 4 rings (SSSR count). The van der Waals surface area contributed by atoms with Crippen molar-refractivity contribution >= 4 is 23.5 Å². The Hall–Kier alpha value is -3.57. The fourth-order valence-electron chi connectivity index (χ4n) is 3.44. The largest absolute Gasteiger partial charge is 0.507 e. The summed E-state index contributed by atoms with van der Waals surface area (Å²) in [6.45, 7) is -1.69. The quantitative estimate of drug-likeness (QED) is 0.472. The number of amides is 1. The number of nitrogens with zero attached hydrogens (tertiary/aromatic N) is 3. The van der Waals surface area contributed by atoms with E-state index in [0.29, 0.717) is 28.2 Å². The molecule has 1 aliphatic rings. The summed E-state index contributed by atoms with van der Waals surface area (Å²) in [4.78, 5) is 17.0. The van der Waals surface area contributed by atoms with E-state index in [-0.39, 0.29) is 23.2 Å². The topological polar surface area (TPSA) is 111 Å². The summed E-state index contributed by atoms with van der Waals surface area (Å²) in [5.41, 5.74) is 7.26. The van der Waals surface area contributed by atoms with Crippen molar-refractivity contribution in [2.24, 2.45) is 15.8 Å². The number of rotatable bonds is 8. The maximum absolute atomic E-state index is 12.4. The number of nitrogens with two attached hydrogens (primary N) is 1. The van der Waals surface area contributed by atoms with Crippen LogP contribution in [0, 0.1) is 0 Å². The van der Waals surface area contributed by atoms with Crippen LogP contribution in [0.1, 0.15) is 28.8 Å². The lowest BCUT2D eigenvalue weighted by molar-refractivity contribution is -0.0498. The zero-order valence-electron chi connectivity index (χ0n) is 17.9. The van der Waals surface area contributed by atoms with Crippen molar-refractivity contribution in [2.75, 3.05) is 13.2 Å². The fourth-order valence-corrected chi connectivity index (χ4v) is 4.29. The first-order chi connectivity index (χ1) is 16.4. The monoisotopic (exact) mass is 488 g/mol. The number of hydrogen-bond acceptors (Lipinski definition) is 7. The van der Waals surface area contributed by atoms with Crippen LogP contribution in [-0.4, -0.2) is 47.8 Å². The number of benzene rings is 2. The zero-order chi connectivity index (χ0) is 24.1. The van der Waals surface area contributed by atoms with E-state index in [1.54, 1.807) is 29.1 Å². The second kappa shape index (κ2) is 10.6. The van der Waals surface area contributed by atoms with E-state index >= 15 is 0 Å². The summed E-state index contributed by atoms with van der Waals surface area (Å²) < 4.78 is 36.4. The van der Waals surface area contributed by atoms with Crippen molar-refractivity contribution in [3.8, 4) is 22.8 Å². The first kappa shape index (κ1) is 23.6. The molecular formula is C23H22F2N4O4S. The molecule has 1 fully saturated rings. The predicted molar refractivity (Wildman–Crippen MR) is 123 cm³/mol. The average molecular weight is 489 g/mol. The molecule has 0 bridgehead atoms. The van der Waals surface area contributed by atoms with Crippen LogP contribution < -0.4 is 15.3 Å². The highest BCUT2D eigenvalue weighted by molar-refractivity contribution is 7.07. The predicted octanol–water partition coefficient (Wildman–Crippen LogP) is 3.58. The van der Waals surface area contributed by atoms with Gasteiger partial charge in [-0.25, -0.2) is 4.68 Å². The molecule has 3 aromatic rings. The van der Waals surface area contributed by atoms with Gasteiger partial charge in [-0.1, -0.05) is 0 Å². The van der Waals surface area contributed by atoms with Gasteiger partial charge in [0.15, 0.2) is 0 Å². The summed E-state index contributed by atoms with van der Waals surface area (Å²) in [5, 5.41) is 16.3. The highest BCUT2D eigenvalue weighted by Gasteiger charge is 2.16. The molecule has 1 saturated heterocycles. The number of alkyl halides is 2. The van der Waals surface area contributed by atoms with E-state index < -0.39 is 12.5 Å². The summed E-state index contributed by atoms with van der Waals surface area (Å²) >= 11 is 1.36. The molecule has 1 aromatic heterocycles. The van der Waals surface area contributed by atoms with E-state index in [0.717, 1.165) is 19.4 Å². The Bertz CT molecular complexity index is 1250. The normalized spacial score (nSPS) is 16.6. The SMILES string of the molecule is NC(=O)c1cc(-c2csc(=NCC3CCCO3)n2/N=C/c2ccc(OC(F)F)cc2)ccc1O. The Morgan fingerprint density at radius 2 is 2.12 bits per heavy atom. The molecule has 1 aliphatic heterocycles. The minimum Gasteiger partial charge on any atom is -0.507 e. The van der Waals surface area contributed by atoms with Crippen molar-refractivity contribution in [2.45, 2.75) is 25.6 Å². The molecule has 0 spiro atoms. The smallest absolute Gasteiger partial charge is 0.387 e. The van der Waals surface area contributed by atoms with Gasteiger partial charge in [0.1, 0.15) is 11.5 Å². The van der Waals surface area contributed by atoms with E-state index in [9.17, 15) is 18.7 Å². The zero-order valence-corrected chi connectivity index (χ0v) is 18.8. The Morgan fingerprint density at radius 3 is 2.79 bits per heavy atom. The number of aromatic nitrogens is 1. The van der Waals surface area contributed by atoms with E-state index in [1.165, 1.54) is 35.6 Å². The molecule has 1 atom stereocenters. The molecule has 2 heterocycles. The molecule has 11 heteroatoms. The van der Waals surface area contributed by atoms with Crippen LogP contribution in [0.4, 0.5) is 8.78 Å². The van der Waals surface area contributed by atoms with Gasteiger partial charge in [0.2, 0.25) is 4.80 Å². The van der Waals surface area contributed by atoms with Crippen LogP contribution in [-0.2, 0) is 4.74 Å². The minimum atomic E-state index is -2.90. The highest BCUT2D eigenvalue weighted by Crippen LogP contribution is 2.26. The number of hydrogen-bond donors (Lipinski definition) is 2. The van der Waals surface area contributed by atoms with Crippen LogP contribution in [0.15, 0.2) is 57.9 Å². The van der Waals surface area contributed by atoms with Gasteiger partial charge in [-0.2, -0.15) is 13.9 Å². The number of primary amides is 1. The van der Waals surface area contributed by atoms with Crippen molar-refractivity contribution < 1.29 is 28.2 Å². The van der Waals surface area contributed by atoms with Gasteiger partial charge in [-0.15, -0.1) is 11.3 Å². The van der Waals surface area contributed by atoms with Crippen LogP contribution in [0.3, 0.4) is 0 Å². The van der Waals surface area contributed by atoms with E-state index in [4.69, 9.17) is 10.5 Å². The molecule has 0 radical (unpaired) electrons. The third-order valence-electron chi connectivity index (χ3n) is 5.12. The fraction of sp³-hybridized carbons (Fsp3) is 0.261. The standard InChI is InChI=1S/C23H22F2N4O4S/c24-22(25)33-16-6-3-14(4-7-16)11-28-29-19(15-5-8-20(30)18(10-15)21(26)31)13-34-23(29)27-12-17-2-1-9-32-17/h3-8,10-11,13,17,22,30H,1-2,9,12H2,(H2,26,31)/b27-23?,28-11+. The Labute approximate surface area is 197 Å². The van der Waals surface area contributed by atoms with Crippen LogP contribution in [0.5, 0.6) is 11.5 Å². The van der Waals surface area contributed by atoms with Gasteiger partial charge in [-0.3, -0.25) is 9.79 Å². The molecule has 34 heavy (non-hydrogen) atoms. The van der Waals surface area contributed by atoms with Gasteiger partial charge in [0.05, 0.1) is 30.1 Å². The summed E-state index contributed by atoms with van der Waals surface area (Å²) in [5.74, 6) is -0.915. The number of phenols is 1. The summed E-state index contributed by atoms with van der Waals surface area (Å²) in [7, 11) is 0. The second-order valence-corrected chi connectivity index (χ2v) is 8.32. The highest BCUT2D eigenvalue weighted by atomic mass is 32.1. The number of ether oxygens (including phenoxy) is 2. The molecule has 1 amide bonds. The molecule has 0 aliphatic carbocycles. The van der Waals surface area contributed by atoms with Crippen LogP contribution >= 0.6 is 11.3 Å².